The van der Waals surface area contributed by atoms with Crippen molar-refractivity contribution < 1.29 is 4.79 Å². The summed E-state index contributed by atoms with van der Waals surface area (Å²) in [5, 5.41) is 3.12. The molecule has 1 rings (SSSR count). The van der Waals surface area contributed by atoms with Gasteiger partial charge in [0.2, 0.25) is 5.91 Å². The number of carbonyl (C=O) groups is 1. The van der Waals surface area contributed by atoms with E-state index >= 15 is 0 Å². The van der Waals surface area contributed by atoms with Crippen molar-refractivity contribution in [3.8, 4) is 0 Å². The quantitative estimate of drug-likeness (QED) is 0.617. The molecule has 0 aliphatic heterocycles. The summed E-state index contributed by atoms with van der Waals surface area (Å²) < 4.78 is 0. The number of amides is 1. The molecule has 0 bridgehead atoms. The van der Waals surface area contributed by atoms with Crippen LogP contribution in [0.3, 0.4) is 0 Å². The molecular weight excluding hydrogens is 240 g/mol. The molecule has 19 heavy (non-hydrogen) atoms. The number of aliphatic imine (C=N–C) groups is 1. The molecule has 0 aromatic carbocycles. The van der Waals surface area contributed by atoms with Gasteiger partial charge >= 0.3 is 0 Å². The highest BCUT2D eigenvalue weighted by Crippen LogP contribution is 2.17. The van der Waals surface area contributed by atoms with Crippen molar-refractivity contribution in [2.45, 2.75) is 44.6 Å². The monoisotopic (exact) mass is 268 g/mol. The Hall–Kier alpha value is -1.26. The molecule has 1 aliphatic rings. The molecule has 1 amide bonds. The van der Waals surface area contributed by atoms with E-state index in [1.54, 1.807) is 0 Å². The third kappa shape index (κ3) is 5.94. The van der Waals surface area contributed by atoms with Gasteiger partial charge < -0.3 is 15.1 Å². The predicted octanol–water partition coefficient (Wildman–Crippen LogP) is 1.30. The summed E-state index contributed by atoms with van der Waals surface area (Å²) in [5.74, 6) is 1.03. The molecule has 5 nitrogen and oxygen atoms in total. The van der Waals surface area contributed by atoms with Gasteiger partial charge in [-0.25, -0.2) is 0 Å². The first-order chi connectivity index (χ1) is 9.00. The summed E-state index contributed by atoms with van der Waals surface area (Å²) in [7, 11) is 7.84. The number of nitrogens with one attached hydrogen (secondary N) is 1. The van der Waals surface area contributed by atoms with Gasteiger partial charge in [-0.05, 0) is 12.8 Å². The van der Waals surface area contributed by atoms with E-state index in [4.69, 9.17) is 0 Å². The summed E-state index contributed by atoms with van der Waals surface area (Å²) in [5.41, 5.74) is 0. The fourth-order valence-electron chi connectivity index (χ4n) is 2.49. The lowest BCUT2D eigenvalue weighted by atomic mass is 9.95. The van der Waals surface area contributed by atoms with Gasteiger partial charge in [0, 0.05) is 40.7 Å². The predicted molar refractivity (Wildman–Crippen MR) is 79.3 cm³/mol. The van der Waals surface area contributed by atoms with Crippen molar-refractivity contribution in [3.63, 3.8) is 0 Å². The van der Waals surface area contributed by atoms with E-state index in [0.29, 0.717) is 19.0 Å². The molecule has 0 spiro atoms. The minimum absolute atomic E-state index is 0.132. The lowest BCUT2D eigenvalue weighted by molar-refractivity contribution is -0.121. The molecule has 0 aromatic rings. The Labute approximate surface area is 117 Å². The van der Waals surface area contributed by atoms with E-state index in [9.17, 15) is 4.79 Å². The highest BCUT2D eigenvalue weighted by atomic mass is 16.1. The topological polar surface area (TPSA) is 47.9 Å². The highest BCUT2D eigenvalue weighted by molar-refractivity contribution is 5.80. The second kappa shape index (κ2) is 8.02. The van der Waals surface area contributed by atoms with Gasteiger partial charge in [-0.15, -0.1) is 0 Å². The minimum atomic E-state index is 0.132. The molecular formula is C14H28N4O. The van der Waals surface area contributed by atoms with E-state index in [-0.39, 0.29) is 5.91 Å². The zero-order chi connectivity index (χ0) is 14.3. The molecule has 0 unspecified atom stereocenters. The molecule has 0 aromatic heterocycles. The van der Waals surface area contributed by atoms with Crippen LogP contribution in [0.25, 0.3) is 0 Å². The van der Waals surface area contributed by atoms with E-state index in [2.05, 4.69) is 10.3 Å². The lowest BCUT2D eigenvalue weighted by Gasteiger charge is -2.23. The van der Waals surface area contributed by atoms with Gasteiger partial charge in [-0.1, -0.05) is 19.3 Å². The zero-order valence-corrected chi connectivity index (χ0v) is 12.8. The molecule has 1 fully saturated rings. The average molecular weight is 268 g/mol. The average Bonchev–Trinajstić information content (AvgIpc) is 2.34. The van der Waals surface area contributed by atoms with Crippen molar-refractivity contribution in [2.75, 3.05) is 34.7 Å². The molecule has 0 atom stereocenters. The smallest absolute Gasteiger partial charge is 0.222 e. The molecule has 0 saturated heterocycles. The van der Waals surface area contributed by atoms with Gasteiger partial charge in [0.1, 0.15) is 0 Å². The van der Waals surface area contributed by atoms with Crippen molar-refractivity contribution in [3.05, 3.63) is 0 Å². The van der Waals surface area contributed by atoms with E-state index in [1.807, 2.05) is 38.0 Å². The summed E-state index contributed by atoms with van der Waals surface area (Å²) in [6, 6.07) is 0.396. The van der Waals surface area contributed by atoms with E-state index in [0.717, 1.165) is 18.8 Å². The zero-order valence-electron chi connectivity index (χ0n) is 12.8. The van der Waals surface area contributed by atoms with Crippen LogP contribution in [0.1, 0.15) is 38.5 Å². The van der Waals surface area contributed by atoms with Crippen LogP contribution in [0.5, 0.6) is 0 Å². The molecule has 1 saturated carbocycles. The third-order valence-corrected chi connectivity index (χ3v) is 3.36. The van der Waals surface area contributed by atoms with Crippen LogP contribution in [0, 0.1) is 0 Å². The Morgan fingerprint density at radius 1 is 1.11 bits per heavy atom. The van der Waals surface area contributed by atoms with Gasteiger partial charge in [-0.2, -0.15) is 0 Å². The Bertz CT molecular complexity index is 297. The van der Waals surface area contributed by atoms with E-state index in [1.165, 1.54) is 19.3 Å². The maximum absolute atomic E-state index is 11.8. The Morgan fingerprint density at radius 2 is 1.68 bits per heavy atom. The second-order valence-corrected chi connectivity index (χ2v) is 5.62. The standard InChI is InChI=1S/C14H28N4O/c1-17(2)14(18(3)4)15-11-10-13(19)16-12-8-6-5-7-9-12/h12H,5-11H2,1-4H3,(H,16,19). The summed E-state index contributed by atoms with van der Waals surface area (Å²) in [6.45, 7) is 0.546. The van der Waals surface area contributed by atoms with Crippen LogP contribution in [0.15, 0.2) is 4.99 Å². The summed E-state index contributed by atoms with van der Waals surface area (Å²) >= 11 is 0. The largest absolute Gasteiger partial charge is 0.353 e. The van der Waals surface area contributed by atoms with Crippen LogP contribution in [-0.2, 0) is 4.79 Å². The maximum atomic E-state index is 11.8. The number of carbonyl (C=O) groups excluding carboxylic acids is 1. The number of hydrogen-bond acceptors (Lipinski definition) is 2. The van der Waals surface area contributed by atoms with Gasteiger partial charge in [0.05, 0.1) is 6.54 Å². The Balaban J connectivity index is 2.30. The summed E-state index contributed by atoms with van der Waals surface area (Å²) in [4.78, 5) is 20.2. The maximum Gasteiger partial charge on any atom is 0.222 e. The number of nitrogens with zero attached hydrogens (tertiary/aromatic N) is 3. The van der Waals surface area contributed by atoms with E-state index < -0.39 is 0 Å². The first-order valence-corrected chi connectivity index (χ1v) is 7.19. The number of hydrogen-bond donors (Lipinski definition) is 1. The molecule has 110 valence electrons. The van der Waals surface area contributed by atoms with Crippen molar-refractivity contribution >= 4 is 11.9 Å². The van der Waals surface area contributed by atoms with Crippen molar-refractivity contribution in [1.29, 1.82) is 0 Å². The highest BCUT2D eigenvalue weighted by Gasteiger charge is 2.15. The fraction of sp³-hybridized carbons (Fsp3) is 0.857. The van der Waals surface area contributed by atoms with Crippen LogP contribution >= 0.6 is 0 Å². The van der Waals surface area contributed by atoms with Gasteiger partial charge in [0.25, 0.3) is 0 Å². The van der Waals surface area contributed by atoms with Gasteiger partial charge in [0.15, 0.2) is 5.96 Å². The van der Waals surface area contributed by atoms with Gasteiger partial charge in [-0.3, -0.25) is 9.79 Å². The third-order valence-electron chi connectivity index (χ3n) is 3.36. The lowest BCUT2D eigenvalue weighted by Crippen LogP contribution is -2.37. The minimum Gasteiger partial charge on any atom is -0.353 e. The van der Waals surface area contributed by atoms with Crippen LogP contribution < -0.4 is 5.32 Å². The Kier molecular flexibility index (Phi) is 6.67. The molecule has 0 heterocycles. The molecule has 5 heteroatoms. The van der Waals surface area contributed by atoms with Crippen LogP contribution in [-0.4, -0.2) is 62.4 Å². The molecule has 1 N–H and O–H groups in total. The molecule has 0 radical (unpaired) electrons. The van der Waals surface area contributed by atoms with Crippen molar-refractivity contribution in [1.82, 2.24) is 15.1 Å². The van der Waals surface area contributed by atoms with Crippen LogP contribution in [0.4, 0.5) is 0 Å². The van der Waals surface area contributed by atoms with Crippen LogP contribution in [0.2, 0.25) is 0 Å². The molecule has 1 aliphatic carbocycles. The summed E-state index contributed by atoms with van der Waals surface area (Å²) in [6.07, 6.45) is 6.54. The second-order valence-electron chi connectivity index (χ2n) is 5.62. The first kappa shape index (κ1) is 15.8. The van der Waals surface area contributed by atoms with Crippen molar-refractivity contribution in [2.24, 2.45) is 4.99 Å². The fourth-order valence-corrected chi connectivity index (χ4v) is 2.49. The SMILES string of the molecule is CN(C)C(=NCCC(=O)NC1CCCCC1)N(C)C. The first-order valence-electron chi connectivity index (χ1n) is 7.19. The number of guanidine groups is 1. The normalized spacial score (nSPS) is 15.8. The number of rotatable bonds is 4. The Morgan fingerprint density at radius 3 is 2.21 bits per heavy atom.